The molecule has 3 amide bonds. The molecule has 0 aliphatic carbocycles. The van der Waals surface area contributed by atoms with Gasteiger partial charge in [-0.25, -0.2) is 9.78 Å². The molecule has 1 unspecified atom stereocenters. The number of aromatic nitrogens is 1. The second-order valence-corrected chi connectivity index (χ2v) is 6.00. The first-order valence-corrected chi connectivity index (χ1v) is 7.55. The third kappa shape index (κ3) is 2.51. The van der Waals surface area contributed by atoms with E-state index in [4.69, 9.17) is 9.15 Å². The van der Waals surface area contributed by atoms with E-state index in [1.807, 2.05) is 19.1 Å². The molecule has 1 atom stereocenters. The molecule has 24 heavy (non-hydrogen) atoms. The lowest BCUT2D eigenvalue weighted by molar-refractivity contribution is -0.131. The summed E-state index contributed by atoms with van der Waals surface area (Å²) < 4.78 is 10.7. The Balaban J connectivity index is 1.96. The lowest BCUT2D eigenvalue weighted by Crippen LogP contribution is -2.41. The van der Waals surface area contributed by atoms with Gasteiger partial charge in [-0.15, -0.1) is 0 Å². The zero-order chi connectivity index (χ0) is 17.5. The molecule has 7 heteroatoms. The molecule has 2 heterocycles. The summed E-state index contributed by atoms with van der Waals surface area (Å²) in [5, 5.41) is 2.77. The number of imide groups is 1. The number of oxazole rings is 1. The van der Waals surface area contributed by atoms with Crippen LogP contribution in [-0.2, 0) is 16.9 Å². The number of rotatable bonds is 4. The van der Waals surface area contributed by atoms with Crippen molar-refractivity contribution in [2.24, 2.45) is 0 Å². The summed E-state index contributed by atoms with van der Waals surface area (Å²) in [7, 11) is 1.54. The molecule has 0 bridgehead atoms. The number of urea groups is 1. The predicted molar refractivity (Wildman–Crippen MR) is 85.4 cm³/mol. The van der Waals surface area contributed by atoms with Crippen molar-refractivity contribution < 1.29 is 18.7 Å². The zero-order valence-electron chi connectivity index (χ0n) is 14.0. The summed E-state index contributed by atoms with van der Waals surface area (Å²) in [5.74, 6) is 1.14. The molecule has 0 spiro atoms. The van der Waals surface area contributed by atoms with Crippen molar-refractivity contribution in [3.8, 4) is 5.75 Å². The highest BCUT2D eigenvalue weighted by atomic mass is 16.5. The molecule has 0 radical (unpaired) electrons. The molecule has 1 saturated heterocycles. The lowest BCUT2D eigenvalue weighted by atomic mass is 9.90. The SMILES string of the molecule is COc1ccc(C)cc1C1(C)NC(=O)N(Cc2cnc(C)o2)C1=O. The smallest absolute Gasteiger partial charge is 0.325 e. The van der Waals surface area contributed by atoms with Crippen molar-refractivity contribution in [1.82, 2.24) is 15.2 Å². The number of aryl methyl sites for hydroxylation is 2. The second-order valence-electron chi connectivity index (χ2n) is 6.00. The van der Waals surface area contributed by atoms with Crippen LogP contribution in [0.5, 0.6) is 5.75 Å². The largest absolute Gasteiger partial charge is 0.496 e. The average Bonchev–Trinajstić information content (AvgIpc) is 3.05. The Morgan fingerprint density at radius 2 is 2.08 bits per heavy atom. The molecule has 126 valence electrons. The topological polar surface area (TPSA) is 84.7 Å². The van der Waals surface area contributed by atoms with Gasteiger partial charge < -0.3 is 14.5 Å². The van der Waals surface area contributed by atoms with Crippen molar-refractivity contribution in [1.29, 1.82) is 0 Å². The summed E-state index contributed by atoms with van der Waals surface area (Å²) in [6.07, 6.45) is 1.51. The van der Waals surface area contributed by atoms with Crippen molar-refractivity contribution >= 4 is 11.9 Å². The van der Waals surface area contributed by atoms with Crippen LogP contribution in [0.25, 0.3) is 0 Å². The van der Waals surface area contributed by atoms with E-state index in [0.29, 0.717) is 23.0 Å². The summed E-state index contributed by atoms with van der Waals surface area (Å²) in [5.41, 5.74) is 0.404. The lowest BCUT2D eigenvalue weighted by Gasteiger charge is -2.24. The molecule has 1 aliphatic rings. The summed E-state index contributed by atoms with van der Waals surface area (Å²) in [4.78, 5) is 30.4. The Labute approximate surface area is 139 Å². The van der Waals surface area contributed by atoms with E-state index in [1.165, 1.54) is 13.3 Å². The number of hydrogen-bond acceptors (Lipinski definition) is 5. The first-order chi connectivity index (χ1) is 11.3. The first kappa shape index (κ1) is 16.0. The minimum absolute atomic E-state index is 0.0369. The van der Waals surface area contributed by atoms with E-state index in [2.05, 4.69) is 10.3 Å². The van der Waals surface area contributed by atoms with Crippen LogP contribution >= 0.6 is 0 Å². The van der Waals surface area contributed by atoms with Crippen molar-refractivity contribution in [2.75, 3.05) is 7.11 Å². The number of carbonyl (C=O) groups excluding carboxylic acids is 2. The van der Waals surface area contributed by atoms with Gasteiger partial charge in [0.15, 0.2) is 5.89 Å². The van der Waals surface area contributed by atoms with Gasteiger partial charge in [-0.2, -0.15) is 0 Å². The minimum Gasteiger partial charge on any atom is -0.496 e. The fraction of sp³-hybridized carbons (Fsp3) is 0.353. The van der Waals surface area contributed by atoms with Crippen LogP contribution in [0.3, 0.4) is 0 Å². The molecule has 1 aliphatic heterocycles. The van der Waals surface area contributed by atoms with Crippen molar-refractivity contribution in [2.45, 2.75) is 32.9 Å². The molecule has 1 aromatic heterocycles. The van der Waals surface area contributed by atoms with Gasteiger partial charge in [0.05, 0.1) is 19.9 Å². The third-order valence-corrected chi connectivity index (χ3v) is 4.15. The third-order valence-electron chi connectivity index (χ3n) is 4.15. The maximum absolute atomic E-state index is 13.0. The quantitative estimate of drug-likeness (QED) is 0.870. The van der Waals surface area contributed by atoms with Crippen LogP contribution in [0.2, 0.25) is 0 Å². The van der Waals surface area contributed by atoms with Gasteiger partial charge in [0.25, 0.3) is 5.91 Å². The summed E-state index contributed by atoms with van der Waals surface area (Å²) in [6.45, 7) is 5.34. The maximum Gasteiger partial charge on any atom is 0.325 e. The zero-order valence-corrected chi connectivity index (χ0v) is 14.0. The van der Waals surface area contributed by atoms with Crippen LogP contribution in [0, 0.1) is 13.8 Å². The summed E-state index contributed by atoms with van der Waals surface area (Å²) in [6, 6.07) is 5.05. The summed E-state index contributed by atoms with van der Waals surface area (Å²) >= 11 is 0. The fourth-order valence-corrected chi connectivity index (χ4v) is 2.87. The van der Waals surface area contributed by atoms with Gasteiger partial charge in [0.2, 0.25) is 0 Å². The van der Waals surface area contributed by atoms with Crippen molar-refractivity contribution in [3.05, 3.63) is 47.2 Å². The van der Waals surface area contributed by atoms with Crippen LogP contribution in [0.15, 0.2) is 28.8 Å². The number of ether oxygens (including phenoxy) is 1. The molecular formula is C17H19N3O4. The van der Waals surface area contributed by atoms with E-state index in [-0.39, 0.29) is 12.5 Å². The normalized spacial score (nSPS) is 20.4. The van der Waals surface area contributed by atoms with Crippen LogP contribution in [0.4, 0.5) is 4.79 Å². The molecule has 1 fully saturated rings. The Morgan fingerprint density at radius 1 is 1.33 bits per heavy atom. The Bertz CT molecular complexity index is 814. The number of nitrogens with zero attached hydrogens (tertiary/aromatic N) is 2. The predicted octanol–water partition coefficient (Wildman–Crippen LogP) is 2.27. The second kappa shape index (κ2) is 5.67. The first-order valence-electron chi connectivity index (χ1n) is 7.55. The van der Waals surface area contributed by atoms with Crippen LogP contribution < -0.4 is 10.1 Å². The number of hydrogen-bond donors (Lipinski definition) is 1. The molecule has 1 N–H and O–H groups in total. The van der Waals surface area contributed by atoms with Gasteiger partial charge in [-0.1, -0.05) is 11.6 Å². The van der Waals surface area contributed by atoms with Gasteiger partial charge in [-0.05, 0) is 26.0 Å². The highest BCUT2D eigenvalue weighted by Crippen LogP contribution is 2.36. The van der Waals surface area contributed by atoms with E-state index >= 15 is 0 Å². The number of carbonyl (C=O) groups is 2. The number of benzene rings is 1. The van der Waals surface area contributed by atoms with Gasteiger partial charge >= 0.3 is 6.03 Å². The maximum atomic E-state index is 13.0. The highest BCUT2D eigenvalue weighted by molar-refractivity contribution is 6.07. The Kier molecular flexibility index (Phi) is 3.79. The van der Waals surface area contributed by atoms with E-state index < -0.39 is 11.6 Å². The molecular weight excluding hydrogens is 310 g/mol. The molecule has 3 rings (SSSR count). The van der Waals surface area contributed by atoms with E-state index in [9.17, 15) is 9.59 Å². The van der Waals surface area contributed by atoms with Crippen molar-refractivity contribution in [3.63, 3.8) is 0 Å². The van der Waals surface area contributed by atoms with Crippen LogP contribution in [0.1, 0.15) is 29.7 Å². The van der Waals surface area contributed by atoms with E-state index in [0.717, 1.165) is 10.5 Å². The fourth-order valence-electron chi connectivity index (χ4n) is 2.87. The van der Waals surface area contributed by atoms with Crippen LogP contribution in [-0.4, -0.2) is 28.9 Å². The average molecular weight is 329 g/mol. The molecule has 1 aromatic carbocycles. The standard InChI is InChI=1S/C17H19N3O4/c1-10-5-6-14(23-4)13(7-10)17(3)15(21)20(16(22)19-17)9-12-8-18-11(2)24-12/h5-8H,9H2,1-4H3,(H,19,22). The highest BCUT2D eigenvalue weighted by Gasteiger charge is 2.50. The Morgan fingerprint density at radius 3 is 2.71 bits per heavy atom. The molecule has 0 saturated carbocycles. The molecule has 2 aromatic rings. The monoisotopic (exact) mass is 329 g/mol. The molecule has 7 nitrogen and oxygen atoms in total. The number of methoxy groups -OCH3 is 1. The Hall–Kier alpha value is -2.83. The van der Waals surface area contributed by atoms with Gasteiger partial charge in [-0.3, -0.25) is 9.69 Å². The van der Waals surface area contributed by atoms with Gasteiger partial charge in [0.1, 0.15) is 17.0 Å². The number of nitrogens with one attached hydrogen (secondary N) is 1. The number of amides is 3. The van der Waals surface area contributed by atoms with E-state index in [1.54, 1.807) is 19.9 Å². The minimum atomic E-state index is -1.19. The van der Waals surface area contributed by atoms with Gasteiger partial charge in [0, 0.05) is 12.5 Å².